The normalized spacial score (nSPS) is 15.4. The number of rotatable bonds is 6. The number of nitrogens with one attached hydrogen (secondary N) is 1. The molecule has 2 aromatic carbocycles. The predicted octanol–water partition coefficient (Wildman–Crippen LogP) is 4.75. The fourth-order valence-corrected chi connectivity index (χ4v) is 4.04. The lowest BCUT2D eigenvalue weighted by atomic mass is 10.1. The van der Waals surface area contributed by atoms with Crippen LogP contribution in [0.15, 0.2) is 53.4 Å². The summed E-state index contributed by atoms with van der Waals surface area (Å²) in [6.45, 7) is 2.37. The summed E-state index contributed by atoms with van der Waals surface area (Å²) < 4.78 is 13.4. The number of anilines is 1. The van der Waals surface area contributed by atoms with Crippen LogP contribution in [0.4, 0.5) is 10.1 Å². The highest BCUT2D eigenvalue weighted by Crippen LogP contribution is 2.33. The highest BCUT2D eigenvalue weighted by molar-refractivity contribution is 8.26. The third-order valence-corrected chi connectivity index (χ3v) is 5.64. The quantitative estimate of drug-likeness (QED) is 0.547. The van der Waals surface area contributed by atoms with Crippen LogP contribution < -0.4 is 5.32 Å². The lowest BCUT2D eigenvalue weighted by Crippen LogP contribution is -2.29. The smallest absolute Gasteiger partial charge is 0.266 e. The van der Waals surface area contributed by atoms with Gasteiger partial charge in [0.15, 0.2) is 0 Å². The van der Waals surface area contributed by atoms with Crippen LogP contribution >= 0.6 is 24.0 Å². The highest BCUT2D eigenvalue weighted by atomic mass is 32.2. The Morgan fingerprint density at radius 1 is 1.21 bits per heavy atom. The van der Waals surface area contributed by atoms with E-state index in [4.69, 9.17) is 12.2 Å². The Bertz CT molecular complexity index is 942. The highest BCUT2D eigenvalue weighted by Gasteiger charge is 2.31. The van der Waals surface area contributed by atoms with Gasteiger partial charge < -0.3 is 5.32 Å². The molecule has 144 valence electrons. The second-order valence-corrected chi connectivity index (χ2v) is 8.02. The first kappa shape index (κ1) is 20.2. The molecule has 1 aliphatic rings. The molecule has 0 spiro atoms. The SMILES string of the molecule is Cc1ccccc1/C=C1\SC(=S)N(CCCC(=O)Nc2ccc(F)cc2)C1=O. The molecule has 0 radical (unpaired) electrons. The van der Waals surface area contributed by atoms with Crippen LogP contribution in [-0.4, -0.2) is 27.6 Å². The molecule has 4 nitrogen and oxygen atoms in total. The molecule has 1 aliphatic heterocycles. The maximum Gasteiger partial charge on any atom is 0.266 e. The third kappa shape index (κ3) is 5.05. The van der Waals surface area contributed by atoms with Gasteiger partial charge in [-0.1, -0.05) is 48.2 Å². The van der Waals surface area contributed by atoms with E-state index in [-0.39, 0.29) is 24.1 Å². The summed E-state index contributed by atoms with van der Waals surface area (Å²) >= 11 is 6.61. The Hall–Kier alpha value is -2.51. The van der Waals surface area contributed by atoms with Gasteiger partial charge in [0.05, 0.1) is 4.91 Å². The average Bonchev–Trinajstić information content (AvgIpc) is 2.93. The van der Waals surface area contributed by atoms with E-state index >= 15 is 0 Å². The van der Waals surface area contributed by atoms with Gasteiger partial charge in [0.2, 0.25) is 5.91 Å². The number of aryl methyl sites for hydroxylation is 1. The molecular weight excluding hydrogens is 395 g/mol. The summed E-state index contributed by atoms with van der Waals surface area (Å²) in [5.74, 6) is -0.671. The third-order valence-electron chi connectivity index (χ3n) is 4.26. The first-order valence-corrected chi connectivity index (χ1v) is 10.0. The van der Waals surface area contributed by atoms with Crippen LogP contribution in [-0.2, 0) is 9.59 Å². The van der Waals surface area contributed by atoms with Gasteiger partial charge in [0.25, 0.3) is 5.91 Å². The molecule has 3 rings (SSSR count). The van der Waals surface area contributed by atoms with Gasteiger partial charge in [-0.25, -0.2) is 4.39 Å². The van der Waals surface area contributed by atoms with Crippen molar-refractivity contribution in [2.45, 2.75) is 19.8 Å². The van der Waals surface area contributed by atoms with Crippen molar-refractivity contribution in [3.8, 4) is 0 Å². The van der Waals surface area contributed by atoms with E-state index in [1.54, 1.807) is 0 Å². The summed E-state index contributed by atoms with van der Waals surface area (Å²) in [4.78, 5) is 26.8. The van der Waals surface area contributed by atoms with Crippen molar-refractivity contribution in [2.75, 3.05) is 11.9 Å². The molecule has 0 aromatic heterocycles. The van der Waals surface area contributed by atoms with Gasteiger partial charge in [-0.2, -0.15) is 0 Å². The number of nitrogens with zero attached hydrogens (tertiary/aromatic N) is 1. The average molecular weight is 415 g/mol. The molecule has 2 aromatic rings. The Morgan fingerprint density at radius 3 is 2.64 bits per heavy atom. The van der Waals surface area contributed by atoms with E-state index in [1.807, 2.05) is 37.3 Å². The number of amides is 2. The molecule has 2 amide bonds. The summed E-state index contributed by atoms with van der Waals surface area (Å²) in [5.41, 5.74) is 2.62. The van der Waals surface area contributed by atoms with E-state index in [9.17, 15) is 14.0 Å². The molecule has 0 atom stereocenters. The zero-order chi connectivity index (χ0) is 20.1. The van der Waals surface area contributed by atoms with Gasteiger partial charge in [-0.3, -0.25) is 14.5 Å². The number of halogens is 1. The van der Waals surface area contributed by atoms with Crippen molar-refractivity contribution in [1.29, 1.82) is 0 Å². The predicted molar refractivity (Wildman–Crippen MR) is 115 cm³/mol. The summed E-state index contributed by atoms with van der Waals surface area (Å²) in [5, 5.41) is 2.71. The van der Waals surface area contributed by atoms with Crippen LogP contribution in [0, 0.1) is 12.7 Å². The van der Waals surface area contributed by atoms with Crippen molar-refractivity contribution < 1.29 is 14.0 Å². The van der Waals surface area contributed by atoms with E-state index in [0.29, 0.717) is 27.9 Å². The van der Waals surface area contributed by atoms with Gasteiger partial charge in [-0.05, 0) is 54.8 Å². The number of hydrogen-bond acceptors (Lipinski definition) is 4. The standard InChI is InChI=1S/C21H19FN2O2S2/c1-14-5-2-3-6-15(14)13-18-20(26)24(21(27)28-18)12-4-7-19(25)23-17-10-8-16(22)9-11-17/h2-3,5-6,8-11,13H,4,7,12H2,1H3,(H,23,25)/b18-13-. The Labute approximate surface area is 172 Å². The monoisotopic (exact) mass is 414 g/mol. The molecular formula is C21H19FN2O2S2. The minimum atomic E-state index is -0.355. The molecule has 0 saturated carbocycles. The number of carbonyl (C=O) groups is 2. The second-order valence-electron chi connectivity index (χ2n) is 6.35. The van der Waals surface area contributed by atoms with Crippen LogP contribution in [0.5, 0.6) is 0 Å². The zero-order valence-corrected chi connectivity index (χ0v) is 16.9. The van der Waals surface area contributed by atoms with E-state index in [1.165, 1.54) is 40.9 Å². The van der Waals surface area contributed by atoms with Crippen molar-refractivity contribution in [2.24, 2.45) is 0 Å². The van der Waals surface area contributed by atoms with Gasteiger partial charge in [0, 0.05) is 18.7 Å². The first-order valence-electron chi connectivity index (χ1n) is 8.80. The van der Waals surface area contributed by atoms with Gasteiger partial charge in [-0.15, -0.1) is 0 Å². The Morgan fingerprint density at radius 2 is 1.93 bits per heavy atom. The number of benzene rings is 2. The van der Waals surface area contributed by atoms with E-state index in [2.05, 4.69) is 5.32 Å². The fourth-order valence-electron chi connectivity index (χ4n) is 2.74. The summed E-state index contributed by atoms with van der Waals surface area (Å²) in [6.07, 6.45) is 2.58. The molecule has 1 saturated heterocycles. The Balaban J connectivity index is 1.54. The lowest BCUT2D eigenvalue weighted by molar-refractivity contribution is -0.122. The van der Waals surface area contributed by atoms with Crippen LogP contribution in [0.25, 0.3) is 6.08 Å². The van der Waals surface area contributed by atoms with Crippen molar-refractivity contribution in [3.05, 3.63) is 70.4 Å². The maximum atomic E-state index is 12.9. The molecule has 7 heteroatoms. The number of thioether (sulfide) groups is 1. The zero-order valence-electron chi connectivity index (χ0n) is 15.3. The van der Waals surface area contributed by atoms with Crippen molar-refractivity contribution >= 4 is 51.9 Å². The largest absolute Gasteiger partial charge is 0.326 e. The van der Waals surface area contributed by atoms with Crippen LogP contribution in [0.1, 0.15) is 24.0 Å². The molecule has 0 bridgehead atoms. The van der Waals surface area contributed by atoms with Gasteiger partial charge in [0.1, 0.15) is 10.1 Å². The minimum Gasteiger partial charge on any atom is -0.326 e. The topological polar surface area (TPSA) is 49.4 Å². The number of thiocarbonyl (C=S) groups is 1. The fraction of sp³-hybridized carbons (Fsp3) is 0.190. The Kier molecular flexibility index (Phi) is 6.59. The van der Waals surface area contributed by atoms with Crippen molar-refractivity contribution in [3.63, 3.8) is 0 Å². The summed E-state index contributed by atoms with van der Waals surface area (Å²) in [6, 6.07) is 13.4. The number of carbonyl (C=O) groups excluding carboxylic acids is 2. The first-order chi connectivity index (χ1) is 13.4. The van der Waals surface area contributed by atoms with E-state index < -0.39 is 0 Å². The molecule has 1 heterocycles. The molecule has 28 heavy (non-hydrogen) atoms. The molecule has 0 unspecified atom stereocenters. The van der Waals surface area contributed by atoms with Crippen LogP contribution in [0.2, 0.25) is 0 Å². The summed E-state index contributed by atoms with van der Waals surface area (Å²) in [7, 11) is 0. The molecule has 1 N–H and O–H groups in total. The second kappa shape index (κ2) is 9.12. The maximum absolute atomic E-state index is 12.9. The van der Waals surface area contributed by atoms with Crippen molar-refractivity contribution in [1.82, 2.24) is 4.90 Å². The van der Waals surface area contributed by atoms with Gasteiger partial charge >= 0.3 is 0 Å². The molecule has 1 fully saturated rings. The minimum absolute atomic E-state index is 0.128. The van der Waals surface area contributed by atoms with Crippen LogP contribution in [0.3, 0.4) is 0 Å². The van der Waals surface area contributed by atoms with E-state index in [0.717, 1.165) is 11.1 Å². The molecule has 0 aliphatic carbocycles. The lowest BCUT2D eigenvalue weighted by Gasteiger charge is -2.14. The number of hydrogen-bond donors (Lipinski definition) is 1.